The van der Waals surface area contributed by atoms with Crippen LogP contribution in [-0.2, 0) is 4.79 Å². The summed E-state index contributed by atoms with van der Waals surface area (Å²) in [7, 11) is 1.57. The average Bonchev–Trinajstić information content (AvgIpc) is 2.25. The van der Waals surface area contributed by atoms with Crippen LogP contribution < -0.4 is 4.90 Å². The van der Waals surface area contributed by atoms with E-state index in [4.69, 9.17) is 5.11 Å². The summed E-state index contributed by atoms with van der Waals surface area (Å²) in [4.78, 5) is 25.8. The van der Waals surface area contributed by atoms with E-state index in [2.05, 4.69) is 4.98 Å². The lowest BCUT2D eigenvalue weighted by atomic mass is 10.3. The summed E-state index contributed by atoms with van der Waals surface area (Å²) in [5.41, 5.74) is -0.129. The highest BCUT2D eigenvalue weighted by molar-refractivity contribution is 5.68. The number of carboxylic acid groups (broad SMARTS) is 1. The van der Waals surface area contributed by atoms with Crippen molar-refractivity contribution in [2.24, 2.45) is 0 Å². The molecule has 0 saturated heterocycles. The molecule has 1 aromatic heterocycles. The smallest absolute Gasteiger partial charge is 0.311 e. The van der Waals surface area contributed by atoms with Gasteiger partial charge in [-0.3, -0.25) is 14.9 Å². The molecule has 1 aromatic rings. The molecule has 7 heteroatoms. The molecule has 0 spiro atoms. The van der Waals surface area contributed by atoms with Gasteiger partial charge < -0.3 is 10.0 Å². The van der Waals surface area contributed by atoms with Gasteiger partial charge in [0, 0.05) is 25.9 Å². The van der Waals surface area contributed by atoms with E-state index in [0.29, 0.717) is 0 Å². The number of anilines is 1. The number of nitro groups is 1. The Bertz CT molecular complexity index is 407. The van der Waals surface area contributed by atoms with Crippen LogP contribution in [0.4, 0.5) is 11.5 Å². The van der Waals surface area contributed by atoms with E-state index in [-0.39, 0.29) is 24.5 Å². The van der Waals surface area contributed by atoms with Crippen molar-refractivity contribution in [1.29, 1.82) is 0 Å². The molecule has 0 saturated carbocycles. The normalized spacial score (nSPS) is 9.81. The molecule has 1 heterocycles. The lowest BCUT2D eigenvalue weighted by molar-refractivity contribution is -0.384. The number of hydrogen-bond donors (Lipinski definition) is 1. The fraction of sp³-hybridized carbons (Fsp3) is 0.333. The molecule has 1 rings (SSSR count). The van der Waals surface area contributed by atoms with Crippen LogP contribution in [0.2, 0.25) is 0 Å². The molecular formula is C9H11N3O4. The summed E-state index contributed by atoms with van der Waals surface area (Å²) in [6.45, 7) is 0.174. The van der Waals surface area contributed by atoms with Crippen LogP contribution >= 0.6 is 0 Å². The number of nitrogens with zero attached hydrogens (tertiary/aromatic N) is 3. The Morgan fingerprint density at radius 3 is 2.94 bits per heavy atom. The second kappa shape index (κ2) is 5.06. The number of hydrogen-bond acceptors (Lipinski definition) is 5. The number of aliphatic carboxylic acids is 1. The molecule has 0 unspecified atom stereocenters. The van der Waals surface area contributed by atoms with Crippen LogP contribution in [0.3, 0.4) is 0 Å². The van der Waals surface area contributed by atoms with Gasteiger partial charge in [0.15, 0.2) is 0 Å². The second-order valence-electron chi connectivity index (χ2n) is 3.17. The van der Waals surface area contributed by atoms with Crippen molar-refractivity contribution < 1.29 is 14.8 Å². The summed E-state index contributed by atoms with van der Waals surface area (Å²) in [6, 6.07) is 2.80. The Hall–Kier alpha value is -2.18. The van der Waals surface area contributed by atoms with E-state index in [0.717, 1.165) is 0 Å². The third-order valence-corrected chi connectivity index (χ3v) is 1.99. The van der Waals surface area contributed by atoms with Gasteiger partial charge in [-0.15, -0.1) is 0 Å². The molecule has 86 valence electrons. The molecule has 0 bridgehead atoms. The van der Waals surface area contributed by atoms with Crippen molar-refractivity contribution in [2.45, 2.75) is 6.42 Å². The van der Waals surface area contributed by atoms with Crippen molar-refractivity contribution in [1.82, 2.24) is 4.98 Å². The maximum absolute atomic E-state index is 10.7. The number of carboxylic acids is 1. The molecule has 1 N–H and O–H groups in total. The predicted molar refractivity (Wildman–Crippen MR) is 56.4 cm³/mol. The first-order valence-electron chi connectivity index (χ1n) is 4.54. The quantitative estimate of drug-likeness (QED) is 0.590. The maximum Gasteiger partial charge on any atom is 0.311 e. The van der Waals surface area contributed by atoms with Gasteiger partial charge in [-0.25, -0.2) is 4.98 Å². The molecular weight excluding hydrogens is 214 g/mol. The highest BCUT2D eigenvalue weighted by Crippen LogP contribution is 2.23. The Morgan fingerprint density at radius 1 is 1.69 bits per heavy atom. The van der Waals surface area contributed by atoms with Gasteiger partial charge in [0.05, 0.1) is 11.3 Å². The zero-order valence-corrected chi connectivity index (χ0v) is 8.66. The van der Waals surface area contributed by atoms with Crippen molar-refractivity contribution in [3.8, 4) is 0 Å². The molecule has 0 atom stereocenters. The first-order valence-corrected chi connectivity index (χ1v) is 4.54. The Balaban J connectivity index is 2.85. The minimum Gasteiger partial charge on any atom is -0.481 e. The van der Waals surface area contributed by atoms with E-state index >= 15 is 0 Å². The number of carbonyl (C=O) groups is 1. The van der Waals surface area contributed by atoms with Crippen molar-refractivity contribution >= 4 is 17.5 Å². The van der Waals surface area contributed by atoms with Gasteiger partial charge in [-0.1, -0.05) is 0 Å². The van der Waals surface area contributed by atoms with Crippen molar-refractivity contribution in [3.05, 3.63) is 28.4 Å². The van der Waals surface area contributed by atoms with E-state index in [1.54, 1.807) is 7.05 Å². The van der Waals surface area contributed by atoms with Gasteiger partial charge in [-0.05, 0) is 6.07 Å². The summed E-state index contributed by atoms with van der Waals surface area (Å²) in [5, 5.41) is 19.2. The van der Waals surface area contributed by atoms with Crippen LogP contribution in [0.25, 0.3) is 0 Å². The van der Waals surface area contributed by atoms with Gasteiger partial charge in [0.2, 0.25) is 5.82 Å². The maximum atomic E-state index is 10.7. The predicted octanol–water partition coefficient (Wildman–Crippen LogP) is 0.901. The summed E-state index contributed by atoms with van der Waals surface area (Å²) >= 11 is 0. The standard InChI is InChI=1S/C9H11N3O4/c1-11(6-4-8(13)14)9-7(12(15)16)3-2-5-10-9/h2-3,5H,4,6H2,1H3,(H,13,14). The molecule has 0 aliphatic carbocycles. The number of aromatic nitrogens is 1. The van der Waals surface area contributed by atoms with Crippen LogP contribution in [0.15, 0.2) is 18.3 Å². The first kappa shape index (κ1) is 11.9. The van der Waals surface area contributed by atoms with Crippen LogP contribution in [0.5, 0.6) is 0 Å². The summed E-state index contributed by atoms with van der Waals surface area (Å²) in [5.74, 6) is -0.779. The topological polar surface area (TPSA) is 96.6 Å². The molecule has 7 nitrogen and oxygen atoms in total. The largest absolute Gasteiger partial charge is 0.481 e. The molecule has 0 amide bonds. The summed E-state index contributed by atoms with van der Waals surface area (Å²) < 4.78 is 0. The number of rotatable bonds is 5. The van der Waals surface area contributed by atoms with Crippen molar-refractivity contribution in [2.75, 3.05) is 18.5 Å². The third-order valence-electron chi connectivity index (χ3n) is 1.99. The lowest BCUT2D eigenvalue weighted by Gasteiger charge is -2.16. The third kappa shape index (κ3) is 2.91. The van der Waals surface area contributed by atoms with Gasteiger partial charge in [-0.2, -0.15) is 0 Å². The molecule has 16 heavy (non-hydrogen) atoms. The van der Waals surface area contributed by atoms with Crippen LogP contribution in [0.1, 0.15) is 6.42 Å². The lowest BCUT2D eigenvalue weighted by Crippen LogP contribution is -2.22. The zero-order chi connectivity index (χ0) is 12.1. The molecule has 0 aliphatic rings. The SMILES string of the molecule is CN(CCC(=O)O)c1ncccc1[N+](=O)[O-]. The van der Waals surface area contributed by atoms with Crippen LogP contribution in [0, 0.1) is 10.1 Å². The fourth-order valence-corrected chi connectivity index (χ4v) is 1.19. The van der Waals surface area contributed by atoms with Crippen LogP contribution in [-0.4, -0.2) is 34.6 Å². The monoisotopic (exact) mass is 225 g/mol. The molecule has 0 radical (unpaired) electrons. The molecule has 0 aliphatic heterocycles. The van der Waals surface area contributed by atoms with E-state index in [1.165, 1.54) is 23.2 Å². The van der Waals surface area contributed by atoms with Gasteiger partial charge >= 0.3 is 11.7 Å². The first-order chi connectivity index (χ1) is 7.52. The van der Waals surface area contributed by atoms with Crippen molar-refractivity contribution in [3.63, 3.8) is 0 Å². The Morgan fingerprint density at radius 2 is 2.38 bits per heavy atom. The number of pyridine rings is 1. The minimum atomic E-state index is -0.953. The van der Waals surface area contributed by atoms with Gasteiger partial charge in [0.1, 0.15) is 0 Å². The minimum absolute atomic E-state index is 0.0930. The highest BCUT2D eigenvalue weighted by Gasteiger charge is 2.17. The second-order valence-corrected chi connectivity index (χ2v) is 3.17. The zero-order valence-electron chi connectivity index (χ0n) is 8.66. The molecule has 0 aromatic carbocycles. The van der Waals surface area contributed by atoms with Gasteiger partial charge in [0.25, 0.3) is 0 Å². The highest BCUT2D eigenvalue weighted by atomic mass is 16.6. The van der Waals surface area contributed by atoms with E-state index < -0.39 is 10.9 Å². The fourth-order valence-electron chi connectivity index (χ4n) is 1.19. The van der Waals surface area contributed by atoms with E-state index in [9.17, 15) is 14.9 Å². The Labute approximate surface area is 91.5 Å². The summed E-state index contributed by atoms with van der Waals surface area (Å²) in [6.07, 6.45) is 1.34. The molecule has 0 fully saturated rings. The van der Waals surface area contributed by atoms with E-state index in [1.807, 2.05) is 0 Å². The Kier molecular flexibility index (Phi) is 3.76. The average molecular weight is 225 g/mol.